The number of allylic oxidation sites excluding steroid dienone is 7. The van der Waals surface area contributed by atoms with E-state index in [-0.39, 0.29) is 11.3 Å². The number of hydrogen-bond donors (Lipinski definition) is 1. The van der Waals surface area contributed by atoms with E-state index in [4.69, 9.17) is 4.98 Å². The largest absolute Gasteiger partial charge is 0.328 e. The number of aromatic nitrogens is 2. The van der Waals surface area contributed by atoms with E-state index in [2.05, 4.69) is 59.2 Å². The first-order valence-electron chi connectivity index (χ1n) is 16.0. The van der Waals surface area contributed by atoms with Crippen molar-refractivity contribution in [1.29, 1.82) is 0 Å². The molecule has 0 aromatic carbocycles. The molecule has 2 atom stereocenters. The fourth-order valence-corrected chi connectivity index (χ4v) is 6.08. The van der Waals surface area contributed by atoms with Crippen LogP contribution in [0.25, 0.3) is 16.1 Å². The lowest BCUT2D eigenvalue weighted by Gasteiger charge is -2.13. The van der Waals surface area contributed by atoms with Gasteiger partial charge in [0.05, 0.1) is 11.3 Å². The van der Waals surface area contributed by atoms with Gasteiger partial charge in [0.1, 0.15) is 5.01 Å². The van der Waals surface area contributed by atoms with E-state index in [1.807, 2.05) is 24.5 Å². The number of H-pyrrole nitrogens is 1. The Morgan fingerprint density at radius 2 is 1.86 bits per heavy atom. The highest BCUT2D eigenvalue weighted by Crippen LogP contribution is 2.35. The molecule has 1 saturated carbocycles. The van der Waals surface area contributed by atoms with Gasteiger partial charge >= 0.3 is 0 Å². The Bertz CT molecular complexity index is 1240. The second kappa shape index (κ2) is 21.0. The number of nitrogens with one attached hydrogen (secondary N) is 1. The average molecular weight is 593 g/mol. The van der Waals surface area contributed by atoms with Gasteiger partial charge in [0.15, 0.2) is 5.78 Å². The van der Waals surface area contributed by atoms with Crippen LogP contribution in [0.4, 0.5) is 0 Å². The summed E-state index contributed by atoms with van der Waals surface area (Å²) in [4.78, 5) is 31.3. The van der Waals surface area contributed by atoms with Gasteiger partial charge in [0.25, 0.3) is 5.56 Å². The van der Waals surface area contributed by atoms with Gasteiger partial charge in [-0.1, -0.05) is 129 Å². The Balaban J connectivity index is 0.000000520. The predicted octanol–water partition coefficient (Wildman–Crippen LogP) is 11.4. The van der Waals surface area contributed by atoms with E-state index < -0.39 is 0 Å². The van der Waals surface area contributed by atoms with Crippen LogP contribution in [0.1, 0.15) is 136 Å². The SMILES string of the molecule is C=C\C=C/C(=C(\C)CCC)C(=C\C)/c1csc(-c2cc(C(C)=O)c[nH]c2=O)n1.CCC.CCCCC[C@H]1CCC[C@H]1C. The molecule has 5 heteroatoms. The number of thiazole rings is 1. The number of aromatic amines is 1. The number of hydrogen-bond acceptors (Lipinski definition) is 4. The zero-order chi connectivity index (χ0) is 31.5. The number of carbonyl (C=O) groups excluding carboxylic acids is 1. The van der Waals surface area contributed by atoms with Crippen molar-refractivity contribution in [2.24, 2.45) is 11.8 Å². The second-order valence-corrected chi connectivity index (χ2v) is 12.2. The van der Waals surface area contributed by atoms with Crippen LogP contribution in [0.3, 0.4) is 0 Å². The van der Waals surface area contributed by atoms with E-state index in [0.717, 1.165) is 41.5 Å². The molecule has 2 heterocycles. The zero-order valence-electron chi connectivity index (χ0n) is 27.6. The number of carbonyl (C=O) groups is 1. The van der Waals surface area contributed by atoms with Crippen LogP contribution in [-0.4, -0.2) is 15.8 Å². The number of ketones is 1. The Morgan fingerprint density at radius 3 is 2.40 bits per heavy atom. The van der Waals surface area contributed by atoms with Gasteiger partial charge in [-0.2, -0.15) is 0 Å². The molecule has 0 bridgehead atoms. The molecule has 1 aliphatic rings. The minimum absolute atomic E-state index is 0.0987. The van der Waals surface area contributed by atoms with Crippen LogP contribution in [-0.2, 0) is 0 Å². The normalized spacial score (nSPS) is 17.2. The molecular formula is C37H56N2O2S. The third-order valence-electron chi connectivity index (χ3n) is 7.60. The monoisotopic (exact) mass is 592 g/mol. The van der Waals surface area contributed by atoms with Gasteiger partial charge in [-0.05, 0) is 50.7 Å². The molecular weight excluding hydrogens is 536 g/mol. The summed E-state index contributed by atoms with van der Waals surface area (Å²) in [6.45, 7) is 20.5. The van der Waals surface area contributed by atoms with Crippen LogP contribution >= 0.6 is 11.3 Å². The topological polar surface area (TPSA) is 62.8 Å². The fraction of sp³-hybridized carbons (Fsp3) is 0.541. The zero-order valence-corrected chi connectivity index (χ0v) is 28.5. The minimum atomic E-state index is -0.252. The van der Waals surface area contributed by atoms with E-state index in [9.17, 15) is 9.59 Å². The van der Waals surface area contributed by atoms with Crippen molar-refractivity contribution >= 4 is 22.7 Å². The summed E-state index contributed by atoms with van der Waals surface area (Å²) >= 11 is 1.40. The minimum Gasteiger partial charge on any atom is -0.328 e. The number of pyridine rings is 1. The van der Waals surface area contributed by atoms with E-state index in [1.165, 1.54) is 81.4 Å². The average Bonchev–Trinajstić information content (AvgIpc) is 3.61. The summed E-state index contributed by atoms with van der Waals surface area (Å²) in [5.74, 6) is 2.02. The van der Waals surface area contributed by atoms with Gasteiger partial charge in [0.2, 0.25) is 0 Å². The van der Waals surface area contributed by atoms with Crippen molar-refractivity contribution in [3.8, 4) is 10.6 Å². The van der Waals surface area contributed by atoms with Crippen molar-refractivity contribution < 1.29 is 4.79 Å². The molecule has 232 valence electrons. The number of Topliss-reactive ketones (excluding diaryl/α,β-unsaturated/α-hetero) is 1. The quantitative estimate of drug-likeness (QED) is 0.151. The molecule has 0 amide bonds. The van der Waals surface area contributed by atoms with Gasteiger partial charge in [-0.15, -0.1) is 11.3 Å². The fourth-order valence-electron chi connectivity index (χ4n) is 5.25. The first-order valence-corrected chi connectivity index (χ1v) is 16.9. The molecule has 0 radical (unpaired) electrons. The lowest BCUT2D eigenvalue weighted by atomic mass is 9.92. The maximum Gasteiger partial charge on any atom is 0.258 e. The maximum atomic E-state index is 12.3. The third-order valence-corrected chi connectivity index (χ3v) is 8.48. The summed E-state index contributed by atoms with van der Waals surface area (Å²) in [5, 5.41) is 2.55. The van der Waals surface area contributed by atoms with E-state index in [1.54, 1.807) is 12.1 Å². The summed E-state index contributed by atoms with van der Waals surface area (Å²) < 4.78 is 0. The van der Waals surface area contributed by atoms with Gasteiger partial charge in [-0.3, -0.25) is 9.59 Å². The molecule has 1 aliphatic carbocycles. The number of unbranched alkanes of at least 4 members (excludes halogenated alkanes) is 2. The molecule has 0 unspecified atom stereocenters. The summed E-state index contributed by atoms with van der Waals surface area (Å²) in [6, 6.07) is 1.61. The van der Waals surface area contributed by atoms with Gasteiger partial charge in [0, 0.05) is 22.7 Å². The molecule has 1 N–H and O–H groups in total. The highest BCUT2D eigenvalue weighted by Gasteiger charge is 2.22. The summed E-state index contributed by atoms with van der Waals surface area (Å²) in [7, 11) is 0. The van der Waals surface area contributed by atoms with Crippen LogP contribution in [0.15, 0.2) is 64.5 Å². The second-order valence-electron chi connectivity index (χ2n) is 11.3. The molecule has 1 fully saturated rings. The van der Waals surface area contributed by atoms with E-state index in [0.29, 0.717) is 16.1 Å². The highest BCUT2D eigenvalue weighted by atomic mass is 32.1. The van der Waals surface area contributed by atoms with Gasteiger partial charge in [-0.25, -0.2) is 4.98 Å². The van der Waals surface area contributed by atoms with Crippen molar-refractivity contribution in [1.82, 2.24) is 9.97 Å². The molecule has 2 aromatic rings. The Labute approximate surface area is 260 Å². The lowest BCUT2D eigenvalue weighted by molar-refractivity contribution is 0.101. The Hall–Kier alpha value is -2.79. The maximum absolute atomic E-state index is 12.3. The first-order chi connectivity index (χ1) is 20.2. The number of rotatable bonds is 12. The molecule has 42 heavy (non-hydrogen) atoms. The molecule has 3 rings (SSSR count). The first kappa shape index (κ1) is 37.2. The Morgan fingerprint density at radius 1 is 1.14 bits per heavy atom. The van der Waals surface area contributed by atoms with Crippen LogP contribution in [0.2, 0.25) is 0 Å². The smallest absolute Gasteiger partial charge is 0.258 e. The molecule has 4 nitrogen and oxygen atoms in total. The summed E-state index contributed by atoms with van der Waals surface area (Å²) in [6.07, 6.45) is 22.8. The van der Waals surface area contributed by atoms with Crippen LogP contribution < -0.4 is 5.56 Å². The Kier molecular flexibility index (Phi) is 18.6. The summed E-state index contributed by atoms with van der Waals surface area (Å²) in [5.41, 5.74) is 4.85. The highest BCUT2D eigenvalue weighted by molar-refractivity contribution is 7.13. The lowest BCUT2D eigenvalue weighted by Crippen LogP contribution is -2.10. The molecule has 0 spiro atoms. The number of nitrogens with zero attached hydrogens (tertiary/aromatic N) is 1. The van der Waals surface area contributed by atoms with Crippen LogP contribution in [0, 0.1) is 11.8 Å². The third kappa shape index (κ3) is 12.2. The standard InChI is InChI=1S/C23H26N2O2S.C11H22.C3H8/c1-6-9-11-19(15(4)10-7-2)18(8-3)21-14-28-23(25-21)20-12-17(16(5)26)13-24-22(20)27;1-3-4-5-8-11-9-6-7-10(11)2;1-3-2/h6,8-9,11-14H,1,7,10H2,2-5H3,(H,24,27);10-11H,3-9H2,1-2H3;3H2,1-2H3/b11-9-,18-8+,19-15-;;/t;10-,11+;/m.1./s1. The predicted molar refractivity (Wildman–Crippen MR) is 185 cm³/mol. The van der Waals surface area contributed by atoms with Crippen LogP contribution in [0.5, 0.6) is 0 Å². The van der Waals surface area contributed by atoms with Crippen molar-refractivity contribution in [2.45, 2.75) is 120 Å². The van der Waals surface area contributed by atoms with Crippen molar-refractivity contribution in [3.63, 3.8) is 0 Å². The molecule has 0 saturated heterocycles. The molecule has 0 aliphatic heterocycles. The van der Waals surface area contributed by atoms with Gasteiger partial charge < -0.3 is 4.98 Å². The van der Waals surface area contributed by atoms with E-state index >= 15 is 0 Å². The van der Waals surface area contributed by atoms with Crippen molar-refractivity contribution in [3.05, 3.63) is 81.3 Å². The molecule has 2 aromatic heterocycles. The van der Waals surface area contributed by atoms with Crippen molar-refractivity contribution in [2.75, 3.05) is 0 Å².